The molecular formula is C16H21NO2. The first kappa shape index (κ1) is 12.7. The fraction of sp³-hybridized carbons (Fsp3) is 0.562. The molecule has 0 aliphatic carbocycles. The Balaban J connectivity index is 1.95. The molecule has 1 aromatic carbocycles. The Morgan fingerprint density at radius 2 is 1.95 bits per heavy atom. The highest BCUT2D eigenvalue weighted by Gasteiger charge is 2.49. The van der Waals surface area contributed by atoms with Crippen LogP contribution in [0.2, 0.25) is 0 Å². The second kappa shape index (κ2) is 4.64. The number of hydrogen-bond acceptors (Lipinski definition) is 2. The van der Waals surface area contributed by atoms with Crippen molar-refractivity contribution in [2.45, 2.75) is 44.2 Å². The minimum absolute atomic E-state index is 0.173. The third kappa shape index (κ3) is 2.06. The summed E-state index contributed by atoms with van der Waals surface area (Å²) in [5, 5.41) is 9.64. The lowest BCUT2D eigenvalue weighted by atomic mass is 9.76. The van der Waals surface area contributed by atoms with Crippen molar-refractivity contribution in [1.82, 2.24) is 4.90 Å². The normalized spacial score (nSPS) is 34.4. The molecule has 2 aliphatic rings. The van der Waals surface area contributed by atoms with Gasteiger partial charge in [-0.3, -0.25) is 9.69 Å². The Hall–Kier alpha value is -1.35. The molecule has 3 nitrogen and oxygen atoms in total. The van der Waals surface area contributed by atoms with E-state index in [-0.39, 0.29) is 17.9 Å². The van der Waals surface area contributed by atoms with E-state index in [1.807, 2.05) is 0 Å². The van der Waals surface area contributed by atoms with Crippen LogP contribution in [-0.2, 0) is 4.79 Å². The molecule has 2 heterocycles. The molecule has 2 bridgehead atoms. The van der Waals surface area contributed by atoms with E-state index < -0.39 is 5.97 Å². The number of carbonyl (C=O) groups is 1. The van der Waals surface area contributed by atoms with Gasteiger partial charge in [0.2, 0.25) is 0 Å². The molecule has 2 unspecified atom stereocenters. The number of carboxylic acid groups (broad SMARTS) is 1. The van der Waals surface area contributed by atoms with Crippen LogP contribution < -0.4 is 0 Å². The first-order valence-electron chi connectivity index (χ1n) is 7.09. The molecule has 19 heavy (non-hydrogen) atoms. The number of nitrogens with zero attached hydrogens (tertiary/aromatic N) is 1. The van der Waals surface area contributed by atoms with Crippen LogP contribution in [0.4, 0.5) is 0 Å². The van der Waals surface area contributed by atoms with E-state index in [2.05, 4.69) is 43.1 Å². The lowest BCUT2D eigenvalue weighted by Gasteiger charge is -2.41. The number of benzene rings is 1. The van der Waals surface area contributed by atoms with Crippen molar-refractivity contribution >= 4 is 5.97 Å². The Kier molecular flexibility index (Phi) is 3.09. The number of hydrogen-bond donors (Lipinski definition) is 1. The summed E-state index contributed by atoms with van der Waals surface area (Å²) in [4.78, 5) is 14.0. The van der Waals surface area contributed by atoms with Gasteiger partial charge in [0.05, 0.1) is 5.92 Å². The van der Waals surface area contributed by atoms with Gasteiger partial charge in [-0.1, -0.05) is 29.8 Å². The summed E-state index contributed by atoms with van der Waals surface area (Å²) in [6.07, 6.45) is 3.15. The van der Waals surface area contributed by atoms with Crippen LogP contribution in [0.25, 0.3) is 0 Å². The average Bonchev–Trinajstić information content (AvgIpc) is 2.63. The van der Waals surface area contributed by atoms with E-state index >= 15 is 0 Å². The molecular weight excluding hydrogens is 238 g/mol. The third-order valence-electron chi connectivity index (χ3n) is 5.06. The highest BCUT2D eigenvalue weighted by molar-refractivity contribution is 5.73. The van der Waals surface area contributed by atoms with Crippen molar-refractivity contribution in [1.29, 1.82) is 0 Å². The fourth-order valence-electron chi connectivity index (χ4n) is 3.96. The van der Waals surface area contributed by atoms with Crippen molar-refractivity contribution in [3.8, 4) is 0 Å². The minimum Gasteiger partial charge on any atom is -0.481 e. The first-order valence-corrected chi connectivity index (χ1v) is 7.09. The second-order valence-electron chi connectivity index (χ2n) is 6.08. The van der Waals surface area contributed by atoms with Crippen molar-refractivity contribution < 1.29 is 9.90 Å². The van der Waals surface area contributed by atoms with Gasteiger partial charge in [0, 0.05) is 18.0 Å². The van der Waals surface area contributed by atoms with E-state index in [0.717, 1.165) is 19.3 Å². The second-order valence-corrected chi connectivity index (χ2v) is 6.08. The number of fused-ring (bicyclic) bond motifs is 2. The SMILES string of the molecule is Cc1ccc([C@H]2CC3CCC([C@H]2C(=O)O)N3C)cc1. The number of rotatable bonds is 2. The quantitative estimate of drug-likeness (QED) is 0.887. The van der Waals surface area contributed by atoms with Crippen molar-refractivity contribution in [2.24, 2.45) is 5.92 Å². The molecule has 2 fully saturated rings. The molecule has 0 aromatic heterocycles. The van der Waals surface area contributed by atoms with Gasteiger partial charge in [0.1, 0.15) is 0 Å². The van der Waals surface area contributed by atoms with Crippen molar-refractivity contribution in [3.05, 3.63) is 35.4 Å². The molecule has 3 heteroatoms. The number of aliphatic carboxylic acids is 1. The Morgan fingerprint density at radius 1 is 1.26 bits per heavy atom. The molecule has 2 aliphatic heterocycles. The summed E-state index contributed by atoms with van der Waals surface area (Å²) in [6.45, 7) is 2.07. The smallest absolute Gasteiger partial charge is 0.308 e. The van der Waals surface area contributed by atoms with Crippen LogP contribution in [0, 0.1) is 12.8 Å². The Morgan fingerprint density at radius 3 is 2.58 bits per heavy atom. The Bertz CT molecular complexity index is 482. The van der Waals surface area contributed by atoms with Gasteiger partial charge in [0.25, 0.3) is 0 Å². The summed E-state index contributed by atoms with van der Waals surface area (Å²) < 4.78 is 0. The van der Waals surface area contributed by atoms with Gasteiger partial charge in [0.15, 0.2) is 0 Å². The van der Waals surface area contributed by atoms with E-state index in [1.54, 1.807) is 0 Å². The van der Waals surface area contributed by atoms with E-state index in [0.29, 0.717) is 6.04 Å². The molecule has 0 amide bonds. The van der Waals surface area contributed by atoms with Gasteiger partial charge in [-0.2, -0.15) is 0 Å². The third-order valence-corrected chi connectivity index (χ3v) is 5.06. The zero-order valence-corrected chi connectivity index (χ0v) is 11.5. The number of carboxylic acids is 1. The highest BCUT2D eigenvalue weighted by Crippen LogP contribution is 2.46. The summed E-state index contributed by atoms with van der Waals surface area (Å²) in [5.41, 5.74) is 2.43. The number of aryl methyl sites for hydroxylation is 1. The highest BCUT2D eigenvalue weighted by atomic mass is 16.4. The van der Waals surface area contributed by atoms with Crippen LogP contribution in [0.1, 0.15) is 36.3 Å². The van der Waals surface area contributed by atoms with Gasteiger partial charge < -0.3 is 5.11 Å². The zero-order valence-electron chi connectivity index (χ0n) is 11.5. The van der Waals surface area contributed by atoms with E-state index in [9.17, 15) is 9.90 Å². The topological polar surface area (TPSA) is 40.5 Å². The Labute approximate surface area is 114 Å². The van der Waals surface area contributed by atoms with Gasteiger partial charge in [-0.25, -0.2) is 0 Å². The average molecular weight is 259 g/mol. The fourth-order valence-corrected chi connectivity index (χ4v) is 3.96. The van der Waals surface area contributed by atoms with Crippen molar-refractivity contribution in [3.63, 3.8) is 0 Å². The van der Waals surface area contributed by atoms with Gasteiger partial charge in [-0.05, 0) is 38.8 Å². The standard InChI is InChI=1S/C16H21NO2/c1-10-3-5-11(6-4-10)13-9-12-7-8-14(17(12)2)15(13)16(18)19/h3-6,12-15H,7-9H2,1-2H3,(H,18,19)/t12?,13-,14?,15+/m1/s1. The van der Waals surface area contributed by atoms with Crippen LogP contribution in [0.5, 0.6) is 0 Å². The molecule has 1 aromatic rings. The summed E-state index contributed by atoms with van der Waals surface area (Å²) >= 11 is 0. The summed E-state index contributed by atoms with van der Waals surface area (Å²) in [6, 6.07) is 9.18. The maximum atomic E-state index is 11.7. The van der Waals surface area contributed by atoms with Gasteiger partial charge in [-0.15, -0.1) is 0 Å². The maximum Gasteiger partial charge on any atom is 0.308 e. The molecule has 0 spiro atoms. The van der Waals surface area contributed by atoms with Gasteiger partial charge >= 0.3 is 5.97 Å². The van der Waals surface area contributed by atoms with Crippen molar-refractivity contribution in [2.75, 3.05) is 7.05 Å². The molecule has 4 atom stereocenters. The predicted octanol–water partition coefficient (Wildman–Crippen LogP) is 2.65. The molecule has 0 radical (unpaired) electrons. The van der Waals surface area contributed by atoms with Crippen LogP contribution in [-0.4, -0.2) is 35.1 Å². The zero-order chi connectivity index (χ0) is 13.6. The lowest BCUT2D eigenvalue weighted by Crippen LogP contribution is -2.48. The van der Waals surface area contributed by atoms with Crippen LogP contribution >= 0.6 is 0 Å². The lowest BCUT2D eigenvalue weighted by molar-refractivity contribution is -0.146. The minimum atomic E-state index is -0.636. The monoisotopic (exact) mass is 259 g/mol. The van der Waals surface area contributed by atoms with Crippen LogP contribution in [0.3, 0.4) is 0 Å². The molecule has 102 valence electrons. The van der Waals surface area contributed by atoms with Crippen LogP contribution in [0.15, 0.2) is 24.3 Å². The first-order chi connectivity index (χ1) is 9.08. The molecule has 3 rings (SSSR count). The molecule has 0 saturated carbocycles. The summed E-state index contributed by atoms with van der Waals surface area (Å²) in [5.74, 6) is -0.721. The summed E-state index contributed by atoms with van der Waals surface area (Å²) in [7, 11) is 2.09. The molecule has 1 N–H and O–H groups in total. The maximum absolute atomic E-state index is 11.7. The number of piperidine rings is 1. The molecule has 2 saturated heterocycles. The van der Waals surface area contributed by atoms with E-state index in [4.69, 9.17) is 0 Å². The van der Waals surface area contributed by atoms with E-state index in [1.165, 1.54) is 11.1 Å². The predicted molar refractivity (Wildman–Crippen MR) is 74.2 cm³/mol. The largest absolute Gasteiger partial charge is 0.481 e.